The molecule has 0 atom stereocenters. The van der Waals surface area contributed by atoms with Crippen molar-refractivity contribution in [2.45, 2.75) is 38.5 Å². The molecule has 1 saturated heterocycles. The zero-order valence-electron chi connectivity index (χ0n) is 15.2. The molecule has 136 valence electrons. The third kappa shape index (κ3) is 4.14. The van der Waals surface area contributed by atoms with E-state index in [-0.39, 0.29) is 0 Å². The third-order valence-corrected chi connectivity index (χ3v) is 5.03. The maximum atomic E-state index is 10.9. The average Bonchev–Trinajstić information content (AvgIpc) is 3.01. The van der Waals surface area contributed by atoms with E-state index in [9.17, 15) is 5.11 Å². The summed E-state index contributed by atoms with van der Waals surface area (Å²) in [4.78, 5) is 6.61. The number of benzene rings is 1. The van der Waals surface area contributed by atoms with Crippen molar-refractivity contribution >= 4 is 0 Å². The minimum atomic E-state index is -0.653. The van der Waals surface area contributed by atoms with E-state index < -0.39 is 5.60 Å². The van der Waals surface area contributed by atoms with E-state index in [0.717, 1.165) is 49.8 Å². The number of imidazole rings is 1. The van der Waals surface area contributed by atoms with Gasteiger partial charge in [0.2, 0.25) is 0 Å². The van der Waals surface area contributed by atoms with Crippen LogP contribution >= 0.6 is 0 Å². The fourth-order valence-electron chi connectivity index (χ4n) is 3.41. The highest BCUT2D eigenvalue weighted by Gasteiger charge is 2.32. The summed E-state index contributed by atoms with van der Waals surface area (Å²) < 4.78 is 12.7. The Morgan fingerprint density at radius 3 is 2.48 bits per heavy atom. The average molecular weight is 345 g/mol. The second-order valence-electron chi connectivity index (χ2n) is 6.79. The van der Waals surface area contributed by atoms with Crippen LogP contribution < -0.4 is 9.47 Å². The van der Waals surface area contributed by atoms with Gasteiger partial charge in [0.1, 0.15) is 5.82 Å². The number of nitrogens with zero attached hydrogens (tertiary/aromatic N) is 3. The number of aromatic nitrogens is 2. The maximum Gasteiger partial charge on any atom is 0.161 e. The van der Waals surface area contributed by atoms with Crippen LogP contribution in [0.4, 0.5) is 0 Å². The Morgan fingerprint density at radius 2 is 1.88 bits per heavy atom. The standard InChI is InChI=1S/C19H27N3O3/c1-15-20-8-11-22(15)14-19(23)6-9-21(10-7-19)13-16-4-5-17(24-2)18(12-16)25-3/h4-5,8,11-12,23H,6-7,9-10,13-14H2,1-3H3. The molecule has 0 unspecified atom stereocenters. The molecule has 1 fully saturated rings. The summed E-state index contributed by atoms with van der Waals surface area (Å²) in [5.74, 6) is 2.44. The van der Waals surface area contributed by atoms with Crippen molar-refractivity contribution in [3.8, 4) is 11.5 Å². The van der Waals surface area contributed by atoms with E-state index in [4.69, 9.17) is 9.47 Å². The minimum Gasteiger partial charge on any atom is -0.493 e. The molecular weight excluding hydrogens is 318 g/mol. The summed E-state index contributed by atoms with van der Waals surface area (Å²) in [5, 5.41) is 10.9. The van der Waals surface area contributed by atoms with E-state index in [0.29, 0.717) is 6.54 Å². The molecule has 2 heterocycles. The van der Waals surface area contributed by atoms with E-state index in [1.165, 1.54) is 5.56 Å². The van der Waals surface area contributed by atoms with Gasteiger partial charge >= 0.3 is 0 Å². The van der Waals surface area contributed by atoms with Crippen LogP contribution in [0.15, 0.2) is 30.6 Å². The van der Waals surface area contributed by atoms with Gasteiger partial charge in [-0.05, 0) is 37.5 Å². The molecule has 2 aromatic rings. The Morgan fingerprint density at radius 1 is 1.16 bits per heavy atom. The maximum absolute atomic E-state index is 10.9. The van der Waals surface area contributed by atoms with Crippen molar-refractivity contribution in [3.63, 3.8) is 0 Å². The molecule has 0 saturated carbocycles. The SMILES string of the molecule is COc1ccc(CN2CCC(O)(Cn3ccnc3C)CC2)cc1OC. The first-order valence-corrected chi connectivity index (χ1v) is 8.66. The van der Waals surface area contributed by atoms with Gasteiger partial charge in [-0.15, -0.1) is 0 Å². The van der Waals surface area contributed by atoms with Crippen molar-refractivity contribution in [2.24, 2.45) is 0 Å². The molecule has 0 spiro atoms. The van der Waals surface area contributed by atoms with Gasteiger partial charge in [-0.25, -0.2) is 4.98 Å². The van der Waals surface area contributed by atoms with Crippen LogP contribution in [-0.2, 0) is 13.1 Å². The summed E-state index contributed by atoms with van der Waals surface area (Å²) in [6.07, 6.45) is 5.24. The molecule has 1 aromatic carbocycles. The van der Waals surface area contributed by atoms with E-state index >= 15 is 0 Å². The third-order valence-electron chi connectivity index (χ3n) is 5.03. The topological polar surface area (TPSA) is 59.8 Å². The van der Waals surface area contributed by atoms with Crippen LogP contribution in [0, 0.1) is 6.92 Å². The first kappa shape index (κ1) is 17.8. The van der Waals surface area contributed by atoms with Crippen molar-refractivity contribution in [1.82, 2.24) is 14.5 Å². The zero-order valence-corrected chi connectivity index (χ0v) is 15.2. The van der Waals surface area contributed by atoms with Crippen LogP contribution in [0.1, 0.15) is 24.2 Å². The monoisotopic (exact) mass is 345 g/mol. The van der Waals surface area contributed by atoms with Gasteiger partial charge in [-0.1, -0.05) is 6.07 Å². The predicted molar refractivity (Wildman–Crippen MR) is 96.0 cm³/mol. The Bertz CT molecular complexity index is 706. The lowest BCUT2D eigenvalue weighted by atomic mass is 9.91. The highest BCUT2D eigenvalue weighted by atomic mass is 16.5. The number of ether oxygens (including phenoxy) is 2. The van der Waals surface area contributed by atoms with Crippen LogP contribution in [-0.4, -0.2) is 52.5 Å². The lowest BCUT2D eigenvalue weighted by Crippen LogP contribution is -2.46. The lowest BCUT2D eigenvalue weighted by Gasteiger charge is -2.38. The number of likely N-dealkylation sites (tertiary alicyclic amines) is 1. The largest absolute Gasteiger partial charge is 0.493 e. The normalized spacial score (nSPS) is 17.4. The number of hydrogen-bond acceptors (Lipinski definition) is 5. The minimum absolute atomic E-state index is 0.614. The molecule has 1 N–H and O–H groups in total. The van der Waals surface area contributed by atoms with Crippen molar-refractivity contribution in [1.29, 1.82) is 0 Å². The van der Waals surface area contributed by atoms with Crippen LogP contribution in [0.25, 0.3) is 0 Å². The molecule has 1 aliphatic rings. The van der Waals surface area contributed by atoms with Crippen molar-refractivity contribution in [3.05, 3.63) is 42.0 Å². The highest BCUT2D eigenvalue weighted by molar-refractivity contribution is 5.42. The predicted octanol–water partition coefficient (Wildman–Crippen LogP) is 2.24. The second-order valence-corrected chi connectivity index (χ2v) is 6.79. The summed E-state index contributed by atoms with van der Waals surface area (Å²) in [5.41, 5.74) is 0.535. The van der Waals surface area contributed by atoms with Gasteiger partial charge in [0, 0.05) is 32.0 Å². The molecule has 1 aromatic heterocycles. The Hall–Kier alpha value is -2.05. The van der Waals surface area contributed by atoms with Gasteiger partial charge in [-0.2, -0.15) is 0 Å². The number of rotatable bonds is 6. The van der Waals surface area contributed by atoms with Crippen molar-refractivity contribution < 1.29 is 14.6 Å². The number of hydrogen-bond donors (Lipinski definition) is 1. The smallest absolute Gasteiger partial charge is 0.161 e. The van der Waals surface area contributed by atoms with Gasteiger partial charge in [-0.3, -0.25) is 4.90 Å². The molecule has 0 amide bonds. The highest BCUT2D eigenvalue weighted by Crippen LogP contribution is 2.30. The quantitative estimate of drug-likeness (QED) is 0.870. The Balaban J connectivity index is 1.58. The van der Waals surface area contributed by atoms with E-state index in [2.05, 4.69) is 16.0 Å². The number of piperidine rings is 1. The van der Waals surface area contributed by atoms with E-state index in [1.54, 1.807) is 20.4 Å². The first-order chi connectivity index (χ1) is 12.0. The number of aryl methyl sites for hydroxylation is 1. The zero-order chi connectivity index (χ0) is 17.9. The molecule has 6 nitrogen and oxygen atoms in total. The molecule has 1 aliphatic heterocycles. The molecular formula is C19H27N3O3. The molecule has 0 bridgehead atoms. The van der Waals surface area contributed by atoms with Gasteiger partial charge < -0.3 is 19.1 Å². The Kier molecular flexibility index (Phi) is 5.30. The summed E-state index contributed by atoms with van der Waals surface area (Å²) >= 11 is 0. The molecule has 6 heteroatoms. The lowest BCUT2D eigenvalue weighted by molar-refractivity contribution is -0.0361. The number of methoxy groups -OCH3 is 2. The van der Waals surface area contributed by atoms with Gasteiger partial charge in [0.05, 0.1) is 26.4 Å². The fraction of sp³-hybridized carbons (Fsp3) is 0.526. The van der Waals surface area contributed by atoms with Crippen LogP contribution in [0.3, 0.4) is 0 Å². The van der Waals surface area contributed by atoms with E-state index in [1.807, 2.05) is 29.8 Å². The molecule has 25 heavy (non-hydrogen) atoms. The first-order valence-electron chi connectivity index (χ1n) is 8.66. The van der Waals surface area contributed by atoms with Crippen LogP contribution in [0.5, 0.6) is 11.5 Å². The second kappa shape index (κ2) is 7.45. The van der Waals surface area contributed by atoms with Gasteiger partial charge in [0.25, 0.3) is 0 Å². The Labute approximate surface area is 149 Å². The summed E-state index contributed by atoms with van der Waals surface area (Å²) in [6, 6.07) is 6.03. The number of aliphatic hydroxyl groups is 1. The molecule has 3 rings (SSSR count). The van der Waals surface area contributed by atoms with Gasteiger partial charge in [0.15, 0.2) is 11.5 Å². The van der Waals surface area contributed by atoms with Crippen LogP contribution in [0.2, 0.25) is 0 Å². The fourth-order valence-corrected chi connectivity index (χ4v) is 3.41. The summed E-state index contributed by atoms with van der Waals surface area (Å²) in [6.45, 7) is 5.18. The molecule has 0 radical (unpaired) electrons. The molecule has 0 aliphatic carbocycles. The van der Waals surface area contributed by atoms with Crippen molar-refractivity contribution in [2.75, 3.05) is 27.3 Å². The summed E-state index contributed by atoms with van der Waals surface area (Å²) in [7, 11) is 3.30.